The van der Waals surface area contributed by atoms with Crippen LogP contribution in [0.15, 0.2) is 16.6 Å². The molecule has 0 amide bonds. The van der Waals surface area contributed by atoms with Crippen LogP contribution in [0.2, 0.25) is 0 Å². The summed E-state index contributed by atoms with van der Waals surface area (Å²) >= 11 is 3.53. The van der Waals surface area contributed by atoms with Crippen LogP contribution in [-0.2, 0) is 0 Å². The Labute approximate surface area is 116 Å². The number of halogens is 2. The Morgan fingerprint density at radius 2 is 1.94 bits per heavy atom. The third kappa shape index (κ3) is 2.87. The van der Waals surface area contributed by atoms with Crippen LogP contribution < -0.4 is 15.2 Å². The first-order chi connectivity index (χ1) is 7.63. The third-order valence-corrected chi connectivity index (χ3v) is 3.79. The van der Waals surface area contributed by atoms with E-state index in [2.05, 4.69) is 29.8 Å². The largest absolute Gasteiger partial charge is 0.454 e. The van der Waals surface area contributed by atoms with Crippen LogP contribution in [0.4, 0.5) is 0 Å². The van der Waals surface area contributed by atoms with Gasteiger partial charge in [-0.15, -0.1) is 12.4 Å². The van der Waals surface area contributed by atoms with Crippen LogP contribution >= 0.6 is 28.3 Å². The first-order valence-corrected chi connectivity index (χ1v) is 6.27. The van der Waals surface area contributed by atoms with Gasteiger partial charge in [-0.3, -0.25) is 0 Å². The highest BCUT2D eigenvalue weighted by Crippen LogP contribution is 2.40. The SMILES string of the molecule is CCC(C)[C@H](N)c1cc2c(cc1Br)OCO2.Cl. The highest BCUT2D eigenvalue weighted by Gasteiger charge is 2.21. The first kappa shape index (κ1) is 14.6. The third-order valence-electron chi connectivity index (χ3n) is 3.11. The molecular weight excluding hydrogens is 305 g/mol. The lowest BCUT2D eigenvalue weighted by atomic mass is 9.93. The number of ether oxygens (including phenoxy) is 2. The van der Waals surface area contributed by atoms with Gasteiger partial charge in [-0.2, -0.15) is 0 Å². The molecule has 0 radical (unpaired) electrons. The quantitative estimate of drug-likeness (QED) is 0.924. The number of nitrogens with two attached hydrogens (primary N) is 1. The zero-order chi connectivity index (χ0) is 11.7. The molecule has 2 rings (SSSR count). The van der Waals surface area contributed by atoms with Gasteiger partial charge in [0.05, 0.1) is 0 Å². The molecule has 3 nitrogen and oxygen atoms in total. The van der Waals surface area contributed by atoms with Gasteiger partial charge >= 0.3 is 0 Å². The van der Waals surface area contributed by atoms with E-state index >= 15 is 0 Å². The van der Waals surface area contributed by atoms with E-state index in [9.17, 15) is 0 Å². The summed E-state index contributed by atoms with van der Waals surface area (Å²) in [5.41, 5.74) is 7.30. The van der Waals surface area contributed by atoms with Crippen molar-refractivity contribution in [2.45, 2.75) is 26.3 Å². The Balaban J connectivity index is 0.00000144. The highest BCUT2D eigenvalue weighted by molar-refractivity contribution is 9.10. The molecule has 2 atom stereocenters. The lowest BCUT2D eigenvalue weighted by Crippen LogP contribution is -2.18. The summed E-state index contributed by atoms with van der Waals surface area (Å²) in [6.45, 7) is 4.59. The van der Waals surface area contributed by atoms with Gasteiger partial charge in [-0.25, -0.2) is 0 Å². The van der Waals surface area contributed by atoms with E-state index in [0.717, 1.165) is 28.0 Å². The van der Waals surface area contributed by atoms with Crippen LogP contribution in [0, 0.1) is 5.92 Å². The predicted molar refractivity (Wildman–Crippen MR) is 73.9 cm³/mol. The number of hydrogen-bond donors (Lipinski definition) is 1. The number of rotatable bonds is 3. The molecule has 0 saturated heterocycles. The molecule has 1 aromatic carbocycles. The topological polar surface area (TPSA) is 44.5 Å². The Morgan fingerprint density at radius 3 is 2.53 bits per heavy atom. The standard InChI is InChI=1S/C12H16BrNO2.ClH/c1-3-7(2)12(14)8-4-10-11(5-9(8)13)16-6-15-10;/h4-5,7,12H,3,6,14H2,1-2H3;1H/t7?,12-;/m0./s1. The number of hydrogen-bond acceptors (Lipinski definition) is 3. The summed E-state index contributed by atoms with van der Waals surface area (Å²) < 4.78 is 11.7. The summed E-state index contributed by atoms with van der Waals surface area (Å²) in [6.07, 6.45) is 1.06. The van der Waals surface area contributed by atoms with Crippen LogP contribution in [0.1, 0.15) is 31.9 Å². The van der Waals surface area contributed by atoms with Gasteiger partial charge in [0, 0.05) is 10.5 Å². The van der Waals surface area contributed by atoms with E-state index in [4.69, 9.17) is 15.2 Å². The van der Waals surface area contributed by atoms with Crippen LogP contribution in [0.3, 0.4) is 0 Å². The van der Waals surface area contributed by atoms with Crippen LogP contribution in [0.25, 0.3) is 0 Å². The molecule has 0 aliphatic carbocycles. The number of benzene rings is 1. The maximum absolute atomic E-state index is 6.22. The second kappa shape index (κ2) is 5.94. The van der Waals surface area contributed by atoms with Gasteiger partial charge in [-0.05, 0) is 23.6 Å². The molecular formula is C12H17BrClNO2. The fourth-order valence-corrected chi connectivity index (χ4v) is 2.34. The molecule has 0 spiro atoms. The fourth-order valence-electron chi connectivity index (χ4n) is 1.75. The van der Waals surface area contributed by atoms with Crippen molar-refractivity contribution in [3.63, 3.8) is 0 Å². The maximum Gasteiger partial charge on any atom is 0.231 e. The first-order valence-electron chi connectivity index (χ1n) is 5.48. The van der Waals surface area contributed by atoms with Crippen molar-refractivity contribution in [3.05, 3.63) is 22.2 Å². The molecule has 5 heteroatoms. The summed E-state index contributed by atoms with van der Waals surface area (Å²) in [6, 6.07) is 3.93. The van der Waals surface area contributed by atoms with Gasteiger partial charge in [0.1, 0.15) is 0 Å². The molecule has 1 aromatic rings. The minimum atomic E-state index is 0. The lowest BCUT2D eigenvalue weighted by molar-refractivity contribution is 0.174. The second-order valence-corrected chi connectivity index (χ2v) is 4.99. The molecule has 1 heterocycles. The molecule has 0 bridgehead atoms. The molecule has 0 aromatic heterocycles. The molecule has 96 valence electrons. The van der Waals surface area contributed by atoms with E-state index in [1.165, 1.54) is 0 Å². The van der Waals surface area contributed by atoms with Crippen molar-refractivity contribution in [2.24, 2.45) is 11.7 Å². The maximum atomic E-state index is 6.22. The Morgan fingerprint density at radius 1 is 1.35 bits per heavy atom. The average molecular weight is 323 g/mol. The van der Waals surface area contributed by atoms with Crippen molar-refractivity contribution in [1.82, 2.24) is 0 Å². The number of fused-ring (bicyclic) bond motifs is 1. The average Bonchev–Trinajstić information content (AvgIpc) is 2.72. The molecule has 0 fully saturated rings. The van der Waals surface area contributed by atoms with E-state index in [0.29, 0.717) is 12.7 Å². The van der Waals surface area contributed by atoms with E-state index in [1.54, 1.807) is 0 Å². The molecule has 1 aliphatic heterocycles. The van der Waals surface area contributed by atoms with Crippen LogP contribution in [0.5, 0.6) is 11.5 Å². The van der Waals surface area contributed by atoms with Gasteiger partial charge < -0.3 is 15.2 Å². The Bertz CT molecular complexity index is 400. The minimum absolute atomic E-state index is 0. The minimum Gasteiger partial charge on any atom is -0.454 e. The normalized spacial score (nSPS) is 16.2. The smallest absolute Gasteiger partial charge is 0.231 e. The summed E-state index contributed by atoms with van der Waals surface area (Å²) in [7, 11) is 0. The molecule has 2 N–H and O–H groups in total. The van der Waals surface area contributed by atoms with Crippen molar-refractivity contribution in [2.75, 3.05) is 6.79 Å². The predicted octanol–water partition coefficient (Wildman–Crippen LogP) is 3.65. The Kier molecular flexibility index (Phi) is 5.10. The van der Waals surface area contributed by atoms with Crippen molar-refractivity contribution in [1.29, 1.82) is 0 Å². The van der Waals surface area contributed by atoms with E-state index in [1.807, 2.05) is 12.1 Å². The van der Waals surface area contributed by atoms with Gasteiger partial charge in [-0.1, -0.05) is 36.2 Å². The zero-order valence-electron chi connectivity index (χ0n) is 9.90. The molecule has 17 heavy (non-hydrogen) atoms. The molecule has 1 unspecified atom stereocenters. The second-order valence-electron chi connectivity index (χ2n) is 4.14. The van der Waals surface area contributed by atoms with Gasteiger partial charge in [0.2, 0.25) is 6.79 Å². The van der Waals surface area contributed by atoms with Crippen LogP contribution in [-0.4, -0.2) is 6.79 Å². The van der Waals surface area contributed by atoms with Gasteiger partial charge in [0.15, 0.2) is 11.5 Å². The van der Waals surface area contributed by atoms with E-state index in [-0.39, 0.29) is 18.4 Å². The zero-order valence-corrected chi connectivity index (χ0v) is 12.3. The summed E-state index contributed by atoms with van der Waals surface area (Å²) in [5, 5.41) is 0. The highest BCUT2D eigenvalue weighted by atomic mass is 79.9. The van der Waals surface area contributed by atoms with Gasteiger partial charge in [0.25, 0.3) is 0 Å². The van der Waals surface area contributed by atoms with Crippen molar-refractivity contribution in [3.8, 4) is 11.5 Å². The molecule has 1 aliphatic rings. The molecule has 0 saturated carbocycles. The Hall–Kier alpha value is -0.450. The lowest BCUT2D eigenvalue weighted by Gasteiger charge is -2.20. The van der Waals surface area contributed by atoms with Crippen molar-refractivity contribution >= 4 is 28.3 Å². The summed E-state index contributed by atoms with van der Waals surface area (Å²) in [5.74, 6) is 2.01. The fraction of sp³-hybridized carbons (Fsp3) is 0.500. The van der Waals surface area contributed by atoms with E-state index < -0.39 is 0 Å². The summed E-state index contributed by atoms with van der Waals surface area (Å²) in [4.78, 5) is 0. The van der Waals surface area contributed by atoms with Crippen molar-refractivity contribution < 1.29 is 9.47 Å². The monoisotopic (exact) mass is 321 g/mol.